The number of hydrogen-bond donors (Lipinski definition) is 2. The zero-order chi connectivity index (χ0) is 19.0. The first-order valence-electron chi connectivity index (χ1n) is 11.0. The second kappa shape index (κ2) is 16.1. The average molecular weight is 376 g/mol. The molecule has 0 aromatic carbocycles. The monoisotopic (exact) mass is 375 g/mol. The molecule has 0 bridgehead atoms. The summed E-state index contributed by atoms with van der Waals surface area (Å²) >= 11 is 0. The van der Waals surface area contributed by atoms with Gasteiger partial charge in [0.15, 0.2) is 0 Å². The Hall–Kier alpha value is -0.140. The summed E-state index contributed by atoms with van der Waals surface area (Å²) in [4.78, 5) is 10.1. The molecule has 1 fully saturated rings. The van der Waals surface area contributed by atoms with E-state index >= 15 is 0 Å². The first-order valence-corrected chi connectivity index (χ1v) is 13.8. The van der Waals surface area contributed by atoms with Gasteiger partial charge in [0.2, 0.25) is 0 Å². The van der Waals surface area contributed by atoms with Gasteiger partial charge in [0.1, 0.15) is 6.04 Å². The number of carbonyl (C=O) groups is 1. The van der Waals surface area contributed by atoms with E-state index in [1.54, 1.807) is 24.6 Å². The molecule has 0 aromatic rings. The maximum atomic E-state index is 10.1. The third-order valence-corrected chi connectivity index (χ3v) is 11.3. The van der Waals surface area contributed by atoms with E-state index in [1.165, 1.54) is 51.4 Å². The molecule has 1 heterocycles. The molecule has 2 N–H and O–H groups in total. The molecule has 1 saturated heterocycles. The Bertz CT molecular complexity index is 280. The molecule has 4 heteroatoms. The molecule has 0 unspecified atom stereocenters. The van der Waals surface area contributed by atoms with Crippen LogP contribution in [-0.2, 0) is 4.79 Å². The van der Waals surface area contributed by atoms with Gasteiger partial charge in [-0.25, -0.2) is 0 Å². The number of carboxylic acid groups (broad SMARTS) is 1. The number of hydrogen-bond acceptors (Lipinski definition) is 2. The van der Waals surface area contributed by atoms with E-state index < -0.39 is 13.2 Å². The van der Waals surface area contributed by atoms with Gasteiger partial charge in [-0.15, -0.1) is 0 Å². The summed E-state index contributed by atoms with van der Waals surface area (Å²) in [6.07, 6.45) is 19.9. The smallest absolute Gasteiger partial charge is 0.320 e. The van der Waals surface area contributed by atoms with Crippen molar-refractivity contribution in [2.24, 2.45) is 0 Å². The van der Waals surface area contributed by atoms with Crippen LogP contribution in [0.5, 0.6) is 0 Å². The summed E-state index contributed by atoms with van der Waals surface area (Å²) in [7, 11) is -0.879. The molecule has 0 amide bonds. The fraction of sp³-hybridized carbons (Fsp3) is 0.952. The Morgan fingerprint density at radius 1 is 0.880 bits per heavy atom. The molecule has 0 radical (unpaired) electrons. The van der Waals surface area contributed by atoms with E-state index in [-0.39, 0.29) is 6.04 Å². The number of rotatable bonds is 13. The van der Waals surface area contributed by atoms with Crippen LogP contribution in [0.3, 0.4) is 0 Å². The van der Waals surface area contributed by atoms with Crippen molar-refractivity contribution < 1.29 is 9.90 Å². The normalized spacial score (nSPS) is 17.8. The second-order valence-corrected chi connectivity index (χ2v) is 12.9. The predicted molar refractivity (Wildman–Crippen MR) is 116 cm³/mol. The van der Waals surface area contributed by atoms with Gasteiger partial charge >= 0.3 is 117 Å². The molecule has 0 saturated carbocycles. The van der Waals surface area contributed by atoms with Crippen molar-refractivity contribution >= 4 is 13.2 Å². The van der Waals surface area contributed by atoms with Gasteiger partial charge in [-0.2, -0.15) is 0 Å². The van der Waals surface area contributed by atoms with Crippen LogP contribution in [0.4, 0.5) is 0 Å². The number of unbranched alkanes of at least 4 members (excludes halogenated alkanes) is 4. The molecular formula is C21H46NO2P. The largest absolute Gasteiger partial charge is 0.480 e. The van der Waals surface area contributed by atoms with Gasteiger partial charge in [-0.05, 0) is 19.4 Å². The van der Waals surface area contributed by atoms with E-state index in [9.17, 15) is 4.79 Å². The van der Waals surface area contributed by atoms with Crippen LogP contribution < -0.4 is 5.32 Å². The van der Waals surface area contributed by atoms with Crippen molar-refractivity contribution in [3.63, 3.8) is 0 Å². The molecule has 0 aliphatic carbocycles. The zero-order valence-electron chi connectivity index (χ0n) is 17.5. The van der Waals surface area contributed by atoms with Crippen molar-refractivity contribution in [3.05, 3.63) is 0 Å². The Kier molecular flexibility index (Phi) is 16.0. The first-order chi connectivity index (χ1) is 12.0. The summed E-state index contributed by atoms with van der Waals surface area (Å²) in [5.41, 5.74) is 0. The second-order valence-electron chi connectivity index (χ2n) is 7.90. The fourth-order valence-electron chi connectivity index (χ4n) is 3.85. The van der Waals surface area contributed by atoms with E-state index in [2.05, 4.69) is 33.0 Å². The summed E-state index contributed by atoms with van der Waals surface area (Å²) in [5, 5.41) is 11.2. The van der Waals surface area contributed by atoms with Gasteiger partial charge in [0.05, 0.1) is 0 Å². The Labute approximate surface area is 158 Å². The predicted octanol–water partition coefficient (Wildman–Crippen LogP) is 5.76. The standard InChI is InChI=1S/C16H37P.C5H9NO2/c1-5-9-13-17(14-10-6-2,15-11-7-3)16-12-8-4;7-5(8)4-2-1-3-6-4/h17H,5-16H2,1-4H3;4,6H,1-3H2,(H,7,8)/t;4-/m.0/s1. The van der Waals surface area contributed by atoms with Gasteiger partial charge in [0.25, 0.3) is 0 Å². The van der Waals surface area contributed by atoms with E-state index in [4.69, 9.17) is 5.11 Å². The van der Waals surface area contributed by atoms with E-state index in [0.29, 0.717) is 0 Å². The molecule has 0 aromatic heterocycles. The van der Waals surface area contributed by atoms with Crippen LogP contribution in [0.2, 0.25) is 0 Å². The summed E-state index contributed by atoms with van der Waals surface area (Å²) < 4.78 is 0. The topological polar surface area (TPSA) is 49.3 Å². The minimum absolute atomic E-state index is 0.269. The quantitative estimate of drug-likeness (QED) is 0.402. The van der Waals surface area contributed by atoms with E-state index in [1.807, 2.05) is 0 Å². The molecule has 1 atom stereocenters. The molecule has 1 aliphatic rings. The maximum Gasteiger partial charge on any atom is 0.320 e. The maximum absolute atomic E-state index is 10.1. The minimum Gasteiger partial charge on any atom is -0.480 e. The molecule has 1 rings (SSSR count). The number of aliphatic carboxylic acids is 1. The van der Waals surface area contributed by atoms with Gasteiger partial charge in [0, 0.05) is 0 Å². The van der Waals surface area contributed by atoms with Crippen LogP contribution in [0.1, 0.15) is 91.9 Å². The Morgan fingerprint density at radius 2 is 1.28 bits per heavy atom. The summed E-state index contributed by atoms with van der Waals surface area (Å²) in [6, 6.07) is -0.269. The third kappa shape index (κ3) is 12.0. The van der Waals surface area contributed by atoms with Gasteiger partial charge in [-0.1, -0.05) is 0 Å². The fourth-order valence-corrected chi connectivity index (χ4v) is 9.77. The SMILES string of the molecule is CCCC[PH](CCCC)(CCCC)CCCC.O=C(O)[C@@H]1CCCN1. The Balaban J connectivity index is 0.000000593. The van der Waals surface area contributed by atoms with Crippen LogP contribution in [0.25, 0.3) is 0 Å². The molecular weight excluding hydrogens is 329 g/mol. The van der Waals surface area contributed by atoms with Crippen LogP contribution in [0, 0.1) is 0 Å². The molecule has 1 aliphatic heterocycles. The van der Waals surface area contributed by atoms with Crippen molar-refractivity contribution in [3.8, 4) is 0 Å². The third-order valence-electron chi connectivity index (χ3n) is 5.60. The zero-order valence-corrected chi connectivity index (χ0v) is 18.5. The molecule has 0 spiro atoms. The van der Waals surface area contributed by atoms with Crippen molar-refractivity contribution in [1.82, 2.24) is 5.32 Å². The molecule has 152 valence electrons. The number of carboxylic acids is 1. The summed E-state index contributed by atoms with van der Waals surface area (Å²) in [5.74, 6) is -0.720. The molecule has 25 heavy (non-hydrogen) atoms. The Morgan fingerprint density at radius 3 is 1.48 bits per heavy atom. The van der Waals surface area contributed by atoms with Crippen molar-refractivity contribution in [1.29, 1.82) is 0 Å². The van der Waals surface area contributed by atoms with Crippen molar-refractivity contribution in [2.45, 2.75) is 97.9 Å². The van der Waals surface area contributed by atoms with Crippen LogP contribution in [0.15, 0.2) is 0 Å². The van der Waals surface area contributed by atoms with E-state index in [0.717, 1.165) is 19.4 Å². The van der Waals surface area contributed by atoms with Crippen LogP contribution >= 0.6 is 7.26 Å². The minimum atomic E-state index is -0.879. The van der Waals surface area contributed by atoms with Gasteiger partial charge in [-0.3, -0.25) is 4.79 Å². The average Bonchev–Trinajstić information content (AvgIpc) is 3.16. The van der Waals surface area contributed by atoms with Crippen LogP contribution in [-0.4, -0.2) is 48.3 Å². The number of nitrogens with one attached hydrogen (secondary N) is 1. The van der Waals surface area contributed by atoms with Gasteiger partial charge < -0.3 is 10.4 Å². The summed E-state index contributed by atoms with van der Waals surface area (Å²) in [6.45, 7) is 10.3. The van der Waals surface area contributed by atoms with Crippen molar-refractivity contribution in [2.75, 3.05) is 31.2 Å². The first kappa shape index (κ1) is 24.9. The molecule has 3 nitrogen and oxygen atoms in total.